The van der Waals surface area contributed by atoms with E-state index in [1.807, 2.05) is 12.1 Å². The highest BCUT2D eigenvalue weighted by molar-refractivity contribution is 5.86. The minimum atomic E-state index is -0.393. The molecule has 0 unspecified atom stereocenters. The molecular weight excluding hydrogens is 417 g/mol. The monoisotopic (exact) mass is 453 g/mol. The lowest BCUT2D eigenvalue weighted by Crippen LogP contribution is -2.50. The zero-order chi connectivity index (χ0) is 23.0. The van der Waals surface area contributed by atoms with Crippen molar-refractivity contribution in [3.8, 4) is 0 Å². The fourth-order valence-corrected chi connectivity index (χ4v) is 6.22. The van der Waals surface area contributed by atoms with Gasteiger partial charge in [0.25, 0.3) is 0 Å². The molecule has 1 aliphatic carbocycles. The molecule has 0 aromatic heterocycles. The van der Waals surface area contributed by atoms with Crippen LogP contribution in [0, 0.1) is 11.2 Å². The molecule has 3 aliphatic heterocycles. The van der Waals surface area contributed by atoms with Gasteiger partial charge in [-0.25, -0.2) is 4.39 Å². The summed E-state index contributed by atoms with van der Waals surface area (Å²) in [6.45, 7) is 6.11. The molecule has 1 aromatic carbocycles. The van der Waals surface area contributed by atoms with Crippen LogP contribution >= 0.6 is 0 Å². The molecule has 6 heteroatoms. The van der Waals surface area contributed by atoms with Crippen molar-refractivity contribution in [1.82, 2.24) is 9.80 Å². The predicted octanol–water partition coefficient (Wildman–Crippen LogP) is 4.18. The van der Waals surface area contributed by atoms with E-state index in [0.29, 0.717) is 12.2 Å². The summed E-state index contributed by atoms with van der Waals surface area (Å²) >= 11 is 0. The molecule has 178 valence electrons. The van der Waals surface area contributed by atoms with E-state index in [4.69, 9.17) is 0 Å². The summed E-state index contributed by atoms with van der Waals surface area (Å²) in [5, 5.41) is 9.84. The van der Waals surface area contributed by atoms with E-state index in [1.54, 1.807) is 6.07 Å². The summed E-state index contributed by atoms with van der Waals surface area (Å²) in [7, 11) is 0. The number of likely N-dealkylation sites (tertiary alicyclic amines) is 1. The van der Waals surface area contributed by atoms with E-state index in [1.165, 1.54) is 0 Å². The van der Waals surface area contributed by atoms with Crippen LogP contribution in [0.25, 0.3) is 5.57 Å². The van der Waals surface area contributed by atoms with E-state index < -0.39 is 5.41 Å². The zero-order valence-corrected chi connectivity index (χ0v) is 19.7. The summed E-state index contributed by atoms with van der Waals surface area (Å²) < 4.78 is 15.3. The molecule has 1 atom stereocenters. The van der Waals surface area contributed by atoms with Crippen molar-refractivity contribution in [1.29, 1.82) is 0 Å². The molecule has 33 heavy (non-hydrogen) atoms. The fraction of sp³-hybridized carbons (Fsp3) is 0.593. The topological polar surface area (TPSA) is 47.0 Å². The fourth-order valence-electron chi connectivity index (χ4n) is 6.22. The van der Waals surface area contributed by atoms with Gasteiger partial charge in [-0.05, 0) is 75.1 Å². The van der Waals surface area contributed by atoms with Gasteiger partial charge >= 0.3 is 0 Å². The second-order valence-electron chi connectivity index (χ2n) is 10.3. The minimum absolute atomic E-state index is 0.212. The van der Waals surface area contributed by atoms with E-state index in [9.17, 15) is 9.90 Å². The number of hydrogen-bond acceptors (Lipinski definition) is 4. The summed E-state index contributed by atoms with van der Waals surface area (Å²) in [4.78, 5) is 20.0. The Morgan fingerprint density at radius 2 is 1.97 bits per heavy atom. The number of likely N-dealkylation sites (N-methyl/N-ethyl adjacent to an activating group) is 1. The van der Waals surface area contributed by atoms with Crippen molar-refractivity contribution in [2.24, 2.45) is 5.41 Å². The Balaban J connectivity index is 1.31. The van der Waals surface area contributed by atoms with Crippen LogP contribution in [-0.2, 0) is 4.79 Å². The molecule has 1 aromatic rings. The van der Waals surface area contributed by atoms with Gasteiger partial charge in [-0.3, -0.25) is 4.79 Å². The van der Waals surface area contributed by atoms with Gasteiger partial charge in [0, 0.05) is 45.0 Å². The number of amides is 1. The molecule has 4 aliphatic rings. The van der Waals surface area contributed by atoms with Gasteiger partial charge in [-0.1, -0.05) is 18.2 Å². The zero-order valence-electron chi connectivity index (χ0n) is 19.7. The van der Waals surface area contributed by atoms with Gasteiger partial charge in [0.1, 0.15) is 5.82 Å². The maximum absolute atomic E-state index is 15.3. The van der Waals surface area contributed by atoms with Crippen molar-refractivity contribution in [2.45, 2.75) is 64.0 Å². The van der Waals surface area contributed by atoms with Crippen molar-refractivity contribution in [3.05, 3.63) is 47.9 Å². The molecular formula is C27H36FN3O2. The maximum Gasteiger partial charge on any atom is 0.230 e. The smallest absolute Gasteiger partial charge is 0.230 e. The van der Waals surface area contributed by atoms with Crippen molar-refractivity contribution < 1.29 is 14.3 Å². The van der Waals surface area contributed by atoms with Crippen molar-refractivity contribution >= 4 is 17.2 Å². The van der Waals surface area contributed by atoms with Crippen LogP contribution in [0.2, 0.25) is 0 Å². The van der Waals surface area contributed by atoms with Crippen molar-refractivity contribution in [2.75, 3.05) is 37.6 Å². The first-order chi connectivity index (χ1) is 16.0. The Morgan fingerprint density at radius 3 is 2.73 bits per heavy atom. The molecule has 1 amide bonds. The van der Waals surface area contributed by atoms with E-state index in [0.717, 1.165) is 82.3 Å². The molecule has 5 rings (SSSR count). The summed E-state index contributed by atoms with van der Waals surface area (Å²) in [5.74, 6) is 0.0406. The van der Waals surface area contributed by atoms with Crippen LogP contribution < -0.4 is 4.90 Å². The van der Waals surface area contributed by atoms with Crippen LogP contribution in [0.1, 0.15) is 57.4 Å². The van der Waals surface area contributed by atoms with Crippen LogP contribution in [0.4, 0.5) is 10.1 Å². The van der Waals surface area contributed by atoms with E-state index in [2.05, 4.69) is 40.0 Å². The number of carbonyl (C=O) groups excluding carboxylic acids is 1. The summed E-state index contributed by atoms with van der Waals surface area (Å²) in [6.07, 6.45) is 12.1. The molecule has 0 bridgehead atoms. The largest absolute Gasteiger partial charge is 0.393 e. The number of allylic oxidation sites excluding steroid dienone is 2. The molecule has 1 N–H and O–H groups in total. The van der Waals surface area contributed by atoms with Gasteiger partial charge in [-0.15, -0.1) is 0 Å². The number of piperidine rings is 1. The number of anilines is 1. The normalized spacial score (nSPS) is 30.3. The van der Waals surface area contributed by atoms with Crippen LogP contribution in [0.3, 0.4) is 0 Å². The SMILES string of the molecule is CCN1C=C(c2ccc(N3CCC[C@]4(CCN(C5CCC(O)CC5)C4=O)C3)c(F)c2)C=CC1. The molecule has 5 nitrogen and oxygen atoms in total. The Morgan fingerprint density at radius 1 is 1.15 bits per heavy atom. The Hall–Kier alpha value is -2.34. The predicted molar refractivity (Wildman–Crippen MR) is 129 cm³/mol. The van der Waals surface area contributed by atoms with E-state index >= 15 is 4.39 Å². The number of carbonyl (C=O) groups is 1. The highest BCUT2D eigenvalue weighted by Gasteiger charge is 2.50. The first kappa shape index (κ1) is 22.5. The number of nitrogens with zero attached hydrogens (tertiary/aromatic N) is 3. The number of aliphatic hydroxyl groups excluding tert-OH is 1. The first-order valence-electron chi connectivity index (χ1n) is 12.7. The number of benzene rings is 1. The quantitative estimate of drug-likeness (QED) is 0.743. The number of aliphatic hydroxyl groups is 1. The second kappa shape index (κ2) is 9.13. The summed E-state index contributed by atoms with van der Waals surface area (Å²) in [6, 6.07) is 5.79. The number of hydrogen-bond donors (Lipinski definition) is 1. The lowest BCUT2D eigenvalue weighted by molar-refractivity contribution is -0.139. The average molecular weight is 454 g/mol. The molecule has 3 heterocycles. The minimum Gasteiger partial charge on any atom is -0.393 e. The van der Waals surface area contributed by atoms with Crippen molar-refractivity contribution in [3.63, 3.8) is 0 Å². The highest BCUT2D eigenvalue weighted by atomic mass is 19.1. The second-order valence-corrected chi connectivity index (χ2v) is 10.3. The molecule has 1 spiro atoms. The Labute approximate surface area is 196 Å². The van der Waals surface area contributed by atoms with Gasteiger partial charge in [-0.2, -0.15) is 0 Å². The Kier molecular flexibility index (Phi) is 6.21. The van der Waals surface area contributed by atoms with Gasteiger partial charge < -0.3 is 19.8 Å². The van der Waals surface area contributed by atoms with Gasteiger partial charge in [0.2, 0.25) is 5.91 Å². The standard InChI is InChI=1S/C27H36FN3O2/c1-2-29-14-3-5-21(18-29)20-6-11-25(24(28)17-20)30-15-4-12-27(19-30)13-16-31(26(27)33)22-7-9-23(32)10-8-22/h3,5-6,11,17-18,22-23,32H,2,4,7-10,12-16,19H2,1H3/t22?,23?,27-/m0/s1. The maximum atomic E-state index is 15.3. The molecule has 2 saturated heterocycles. The number of halogens is 1. The van der Waals surface area contributed by atoms with Crippen LogP contribution in [0.15, 0.2) is 36.6 Å². The average Bonchev–Trinajstić information content (AvgIpc) is 3.14. The van der Waals surface area contributed by atoms with Gasteiger partial charge in [0.15, 0.2) is 0 Å². The molecule has 1 saturated carbocycles. The third-order valence-corrected chi connectivity index (χ3v) is 8.22. The van der Waals surface area contributed by atoms with Gasteiger partial charge in [0.05, 0.1) is 17.2 Å². The van der Waals surface area contributed by atoms with Crippen LogP contribution in [-0.4, -0.2) is 65.7 Å². The Bertz CT molecular complexity index is 953. The number of rotatable bonds is 4. The highest BCUT2D eigenvalue weighted by Crippen LogP contribution is 2.44. The third-order valence-electron chi connectivity index (χ3n) is 8.22. The van der Waals surface area contributed by atoms with Crippen LogP contribution in [0.5, 0.6) is 0 Å². The first-order valence-corrected chi connectivity index (χ1v) is 12.7. The lowest BCUT2D eigenvalue weighted by atomic mass is 9.78. The summed E-state index contributed by atoms with van der Waals surface area (Å²) in [5.41, 5.74) is 2.14. The third kappa shape index (κ3) is 4.30. The lowest BCUT2D eigenvalue weighted by Gasteiger charge is -2.41. The molecule has 0 radical (unpaired) electrons. The molecule has 3 fully saturated rings. The van der Waals surface area contributed by atoms with E-state index in [-0.39, 0.29) is 23.9 Å².